The third kappa shape index (κ3) is 7.81. The Morgan fingerprint density at radius 1 is 1.03 bits per heavy atom. The van der Waals surface area contributed by atoms with Crippen LogP contribution in [0.15, 0.2) is 58.0 Å². The zero-order valence-corrected chi connectivity index (χ0v) is 24.0. The predicted octanol–water partition coefficient (Wildman–Crippen LogP) is 4.72. The number of hydrogen-bond acceptors (Lipinski definition) is 8. The number of fused-ring (bicyclic) bond motifs is 2. The number of benzene rings is 2. The number of allylic oxidation sites excluding steroid dienone is 2. The van der Waals surface area contributed by atoms with Gasteiger partial charge in [-0.25, -0.2) is 4.39 Å². The molecular formula is C29H36FN2O5S2+. The summed E-state index contributed by atoms with van der Waals surface area (Å²) in [6, 6.07) is 12.3. The van der Waals surface area contributed by atoms with Crippen molar-refractivity contribution in [3.63, 3.8) is 0 Å². The molecule has 0 amide bonds. The summed E-state index contributed by atoms with van der Waals surface area (Å²) in [5.41, 5.74) is 4.25. The molecule has 0 aliphatic carbocycles. The molecule has 0 radical (unpaired) electrons. The van der Waals surface area contributed by atoms with Crippen LogP contribution in [-0.4, -0.2) is 69.7 Å². The third-order valence-electron chi connectivity index (χ3n) is 6.03. The Morgan fingerprint density at radius 3 is 2.59 bits per heavy atom. The minimum absolute atomic E-state index is 0.00589. The van der Waals surface area contributed by atoms with Crippen molar-refractivity contribution in [2.75, 3.05) is 64.4 Å². The number of anilines is 1. The topological polar surface area (TPSA) is 75.3 Å². The van der Waals surface area contributed by atoms with E-state index in [2.05, 4.69) is 41.8 Å². The second kappa shape index (κ2) is 14.8. The van der Waals surface area contributed by atoms with E-state index in [9.17, 15) is 9.50 Å². The van der Waals surface area contributed by atoms with Gasteiger partial charge in [0.2, 0.25) is 5.52 Å². The molecular weight excluding hydrogens is 538 g/mol. The monoisotopic (exact) mass is 574 g/mol. The third-order valence-corrected chi connectivity index (χ3v) is 8.25. The molecule has 210 valence electrons. The van der Waals surface area contributed by atoms with Crippen LogP contribution < -0.4 is 14.2 Å². The van der Waals surface area contributed by atoms with Crippen LogP contribution in [0, 0.1) is 6.92 Å². The van der Waals surface area contributed by atoms with Crippen molar-refractivity contribution in [2.24, 2.45) is 0 Å². The minimum atomic E-state index is -0.420. The highest BCUT2D eigenvalue weighted by Gasteiger charge is 2.25. The highest BCUT2D eigenvalue weighted by atomic mass is 32.2. The van der Waals surface area contributed by atoms with Gasteiger partial charge in [0.25, 0.3) is 5.01 Å². The summed E-state index contributed by atoms with van der Waals surface area (Å²) in [5.74, 6) is 0.735. The zero-order valence-electron chi connectivity index (χ0n) is 22.4. The standard InChI is InChI=1S/C29H36FN2O5S2/c1-21-3-5-26-24(17-21)31(8-7-30)28(38-26)18-22(2)19-29-32(9-10-33)25-20-23(4-6-27(25)39-29)37-16-15-36-14-13-35-12-11-34/h3-6,17-20,33-34H,7-16H2,1-2H3/q+1/i30-1. The number of aliphatic hydroxyl groups is 2. The molecule has 4 rings (SSSR count). The molecule has 0 atom stereocenters. The molecule has 0 fully saturated rings. The van der Waals surface area contributed by atoms with E-state index in [0.29, 0.717) is 46.1 Å². The van der Waals surface area contributed by atoms with Crippen molar-refractivity contribution >= 4 is 45.1 Å². The van der Waals surface area contributed by atoms with Crippen LogP contribution in [0.25, 0.3) is 16.3 Å². The largest absolute Gasteiger partial charge is 0.491 e. The first-order valence-electron chi connectivity index (χ1n) is 13.0. The Labute approximate surface area is 237 Å². The Morgan fingerprint density at radius 2 is 1.82 bits per heavy atom. The van der Waals surface area contributed by atoms with E-state index in [4.69, 9.17) is 19.3 Å². The highest BCUT2D eigenvalue weighted by Crippen LogP contribution is 2.46. The number of aromatic nitrogens is 1. The molecule has 0 bridgehead atoms. The number of thioether (sulfide) groups is 1. The van der Waals surface area contributed by atoms with Gasteiger partial charge >= 0.3 is 0 Å². The van der Waals surface area contributed by atoms with Gasteiger partial charge < -0.3 is 29.3 Å². The van der Waals surface area contributed by atoms with Crippen LogP contribution in [0.4, 0.5) is 10.1 Å². The summed E-state index contributed by atoms with van der Waals surface area (Å²) in [6.45, 7) is 6.53. The van der Waals surface area contributed by atoms with E-state index in [1.54, 1.807) is 23.1 Å². The highest BCUT2D eigenvalue weighted by molar-refractivity contribution is 8.03. The fourth-order valence-corrected chi connectivity index (χ4v) is 6.64. The van der Waals surface area contributed by atoms with Crippen molar-refractivity contribution in [3.05, 3.63) is 63.6 Å². The quantitative estimate of drug-likeness (QED) is 0.201. The molecule has 3 aromatic rings. The molecule has 0 saturated carbocycles. The maximum absolute atomic E-state index is 13.4. The number of nitrogens with zero attached hydrogens (tertiary/aromatic N) is 2. The summed E-state index contributed by atoms with van der Waals surface area (Å²) >= 11 is 3.32. The molecule has 10 heteroatoms. The Balaban J connectivity index is 1.49. The lowest BCUT2D eigenvalue weighted by molar-refractivity contribution is -0.670. The number of thiazole rings is 1. The molecule has 2 aromatic carbocycles. The first-order chi connectivity index (χ1) is 19.0. The number of rotatable bonds is 15. The normalized spacial score (nSPS) is 14.5. The van der Waals surface area contributed by atoms with Crippen molar-refractivity contribution in [1.29, 1.82) is 0 Å². The van der Waals surface area contributed by atoms with Crippen LogP contribution in [-0.2, 0) is 16.0 Å². The lowest BCUT2D eigenvalue weighted by Crippen LogP contribution is -2.36. The van der Waals surface area contributed by atoms with Gasteiger partial charge in [0, 0.05) is 11.0 Å². The molecule has 1 aliphatic heterocycles. The number of aliphatic hydroxyl groups excluding tert-OH is 2. The maximum atomic E-state index is 13.4. The molecule has 1 aliphatic rings. The van der Waals surface area contributed by atoms with E-state index in [-0.39, 0.29) is 13.2 Å². The molecule has 7 nitrogen and oxygen atoms in total. The summed E-state index contributed by atoms with van der Waals surface area (Å²) < 4.78 is 33.2. The maximum Gasteiger partial charge on any atom is 0.263 e. The van der Waals surface area contributed by atoms with Crippen molar-refractivity contribution in [2.45, 2.75) is 25.3 Å². The molecule has 1 aromatic heterocycles. The molecule has 0 unspecified atom stereocenters. The fraction of sp³-hybridized carbons (Fsp3) is 0.414. The van der Waals surface area contributed by atoms with Crippen LogP contribution in [0.3, 0.4) is 0 Å². The van der Waals surface area contributed by atoms with Gasteiger partial charge in [0.05, 0.1) is 56.4 Å². The van der Waals surface area contributed by atoms with Gasteiger partial charge in [-0.3, -0.25) is 0 Å². The lowest BCUT2D eigenvalue weighted by Gasteiger charge is -2.19. The van der Waals surface area contributed by atoms with E-state index >= 15 is 0 Å². The fourth-order valence-electron chi connectivity index (χ4n) is 4.28. The second-order valence-corrected chi connectivity index (χ2v) is 11.2. The van der Waals surface area contributed by atoms with Crippen LogP contribution in [0.2, 0.25) is 0 Å². The summed E-state index contributed by atoms with van der Waals surface area (Å²) in [5, 5.41) is 20.5. The van der Waals surface area contributed by atoms with Gasteiger partial charge in [0.1, 0.15) is 30.3 Å². The summed E-state index contributed by atoms with van der Waals surface area (Å²) in [4.78, 5) is 3.19. The Hall–Kier alpha value is -2.47. The lowest BCUT2D eigenvalue weighted by atomic mass is 10.2. The summed E-state index contributed by atoms with van der Waals surface area (Å²) in [7, 11) is 0. The molecule has 0 spiro atoms. The first kappa shape index (κ1) is 29.5. The van der Waals surface area contributed by atoms with Gasteiger partial charge in [0.15, 0.2) is 6.54 Å². The van der Waals surface area contributed by atoms with E-state index in [1.807, 2.05) is 30.0 Å². The average molecular weight is 575 g/mol. The van der Waals surface area contributed by atoms with Crippen LogP contribution in [0.1, 0.15) is 17.5 Å². The number of aryl methyl sites for hydroxylation is 1. The molecule has 39 heavy (non-hydrogen) atoms. The Bertz CT molecular complexity index is 1310. The van der Waals surface area contributed by atoms with Crippen LogP contribution >= 0.6 is 23.1 Å². The van der Waals surface area contributed by atoms with Crippen molar-refractivity contribution in [3.8, 4) is 5.75 Å². The minimum Gasteiger partial charge on any atom is -0.491 e. The molecule has 2 heterocycles. The van der Waals surface area contributed by atoms with Crippen molar-refractivity contribution in [1.82, 2.24) is 0 Å². The van der Waals surface area contributed by atoms with Crippen LogP contribution in [0.5, 0.6) is 5.75 Å². The van der Waals surface area contributed by atoms with E-state index in [1.165, 1.54) is 0 Å². The van der Waals surface area contributed by atoms with E-state index in [0.717, 1.165) is 47.7 Å². The Kier molecular flexibility index (Phi) is 11.2. The summed E-state index contributed by atoms with van der Waals surface area (Å²) in [6.07, 6.45) is 4.22. The predicted molar refractivity (Wildman–Crippen MR) is 155 cm³/mol. The second-order valence-electron chi connectivity index (χ2n) is 9.03. The molecule has 2 N–H and O–H groups in total. The van der Waals surface area contributed by atoms with Crippen molar-refractivity contribution < 1.29 is 33.4 Å². The van der Waals surface area contributed by atoms with Gasteiger partial charge in [-0.05, 0) is 55.3 Å². The smallest absolute Gasteiger partial charge is 0.263 e. The van der Waals surface area contributed by atoms with Gasteiger partial charge in [-0.15, -0.1) is 0 Å². The first-order valence-corrected chi connectivity index (χ1v) is 14.7. The SMILES string of the molecule is CC(/C=C1\Sc2ccc(C)cc2N1CC[18F])=C\c1sc2ccc(OCCOCCOCCO)cc2[n+]1CCO. The van der Waals surface area contributed by atoms with Gasteiger partial charge in [-0.1, -0.05) is 29.2 Å². The number of alkyl halides is 1. The number of ether oxygens (including phenoxy) is 3. The number of halogens is 1. The average Bonchev–Trinajstić information content (AvgIpc) is 3.42. The number of hydrogen-bond donors (Lipinski definition) is 2. The zero-order chi connectivity index (χ0) is 27.6. The van der Waals surface area contributed by atoms with E-state index < -0.39 is 6.67 Å². The molecule has 0 saturated heterocycles. The van der Waals surface area contributed by atoms with Gasteiger partial charge in [-0.2, -0.15) is 4.57 Å².